The van der Waals surface area contributed by atoms with Gasteiger partial charge in [0.15, 0.2) is 0 Å². The van der Waals surface area contributed by atoms with Gasteiger partial charge in [-0.05, 0) is 44.7 Å². The van der Waals surface area contributed by atoms with Crippen LogP contribution in [-0.4, -0.2) is 26.6 Å². The smallest absolute Gasteiger partial charge is 0.315 e. The summed E-state index contributed by atoms with van der Waals surface area (Å²) < 4.78 is 2.05. The van der Waals surface area contributed by atoms with Crippen LogP contribution in [0.4, 0.5) is 4.79 Å². The zero-order chi connectivity index (χ0) is 17.1. The topological polar surface area (TPSA) is 91.8 Å². The second-order valence-electron chi connectivity index (χ2n) is 6.38. The van der Waals surface area contributed by atoms with E-state index in [4.69, 9.17) is 0 Å². The van der Waals surface area contributed by atoms with Crippen LogP contribution < -0.4 is 16.2 Å². The Hall–Kier alpha value is -2.57. The van der Waals surface area contributed by atoms with Crippen molar-refractivity contribution in [3.63, 3.8) is 0 Å². The summed E-state index contributed by atoms with van der Waals surface area (Å²) in [5.74, 6) is 0. The number of aromatic amines is 1. The van der Waals surface area contributed by atoms with Crippen LogP contribution in [0.25, 0.3) is 0 Å². The molecule has 128 valence electrons. The first-order chi connectivity index (χ1) is 11.5. The number of hydrogen-bond acceptors (Lipinski definition) is 3. The summed E-state index contributed by atoms with van der Waals surface area (Å²) >= 11 is 0. The van der Waals surface area contributed by atoms with Crippen molar-refractivity contribution in [1.29, 1.82) is 0 Å². The summed E-state index contributed by atoms with van der Waals surface area (Å²) in [5, 5.41) is 5.82. The van der Waals surface area contributed by atoms with Crippen LogP contribution in [0.5, 0.6) is 0 Å². The monoisotopic (exact) mass is 329 g/mol. The van der Waals surface area contributed by atoms with Crippen molar-refractivity contribution in [2.24, 2.45) is 0 Å². The molecule has 2 aromatic heterocycles. The first-order valence-electron chi connectivity index (χ1n) is 8.26. The van der Waals surface area contributed by atoms with Gasteiger partial charge in [0.25, 0.3) is 5.56 Å². The Morgan fingerprint density at radius 2 is 2.25 bits per heavy atom. The van der Waals surface area contributed by atoms with Gasteiger partial charge in [-0.3, -0.25) is 4.79 Å². The van der Waals surface area contributed by atoms with Crippen LogP contribution in [-0.2, 0) is 6.54 Å². The molecule has 1 aliphatic carbocycles. The molecule has 24 heavy (non-hydrogen) atoms. The Morgan fingerprint density at radius 3 is 2.96 bits per heavy atom. The number of carbonyl (C=O) groups is 1. The molecule has 2 aromatic rings. The van der Waals surface area contributed by atoms with Gasteiger partial charge in [0.1, 0.15) is 0 Å². The Morgan fingerprint density at radius 1 is 1.42 bits per heavy atom. The Bertz CT molecular complexity index is 766. The molecule has 2 heterocycles. The lowest BCUT2D eigenvalue weighted by molar-refractivity contribution is 0.233. The van der Waals surface area contributed by atoms with Gasteiger partial charge in [-0.2, -0.15) is 0 Å². The van der Waals surface area contributed by atoms with Gasteiger partial charge < -0.3 is 20.2 Å². The first kappa shape index (κ1) is 16.3. The summed E-state index contributed by atoms with van der Waals surface area (Å²) in [7, 11) is 0. The maximum absolute atomic E-state index is 12.2. The molecule has 7 nitrogen and oxygen atoms in total. The summed E-state index contributed by atoms with van der Waals surface area (Å²) in [6, 6.07) is 1.98. The van der Waals surface area contributed by atoms with Crippen LogP contribution in [0.15, 0.2) is 29.6 Å². The molecule has 1 aliphatic rings. The van der Waals surface area contributed by atoms with E-state index in [0.717, 1.165) is 30.5 Å². The van der Waals surface area contributed by atoms with Crippen molar-refractivity contribution in [2.45, 2.75) is 51.7 Å². The average molecular weight is 329 g/mol. The highest BCUT2D eigenvalue weighted by atomic mass is 16.2. The Labute approximate surface area is 140 Å². The van der Waals surface area contributed by atoms with Gasteiger partial charge in [-0.25, -0.2) is 9.78 Å². The number of rotatable bonds is 4. The third-order valence-corrected chi connectivity index (χ3v) is 4.62. The standard InChI is InChI=1S/C17H23N5O2/c1-11-8-12(2)20-16(23)13(11)9-19-17(24)21-14-4-3-5-15(14)22-7-6-18-10-22/h6-8,10,14-15H,3-5,9H2,1-2H3,(H,20,23)(H2,19,21,24)/t14-,15+/m1/s1. The van der Waals surface area contributed by atoms with Crippen LogP contribution >= 0.6 is 0 Å². The Balaban J connectivity index is 1.59. The SMILES string of the molecule is Cc1cc(C)c(CNC(=O)N[C@@H]2CCC[C@@H]2n2ccnc2)c(=O)[nH]1. The predicted molar refractivity (Wildman–Crippen MR) is 90.8 cm³/mol. The largest absolute Gasteiger partial charge is 0.334 e. The van der Waals surface area contributed by atoms with E-state index in [9.17, 15) is 9.59 Å². The van der Waals surface area contributed by atoms with E-state index < -0.39 is 0 Å². The molecule has 0 radical (unpaired) electrons. The lowest BCUT2D eigenvalue weighted by atomic mass is 10.1. The van der Waals surface area contributed by atoms with E-state index in [1.165, 1.54) is 0 Å². The van der Waals surface area contributed by atoms with E-state index in [1.54, 1.807) is 12.5 Å². The minimum Gasteiger partial charge on any atom is -0.334 e. The van der Waals surface area contributed by atoms with Crippen molar-refractivity contribution >= 4 is 6.03 Å². The molecular formula is C17H23N5O2. The maximum atomic E-state index is 12.2. The zero-order valence-electron chi connectivity index (χ0n) is 14.0. The lowest BCUT2D eigenvalue weighted by Gasteiger charge is -2.22. The van der Waals surface area contributed by atoms with Crippen molar-refractivity contribution in [1.82, 2.24) is 25.2 Å². The van der Waals surface area contributed by atoms with Crippen LogP contribution in [0.2, 0.25) is 0 Å². The third kappa shape index (κ3) is 3.50. The number of amides is 2. The number of pyridine rings is 1. The summed E-state index contributed by atoms with van der Waals surface area (Å²) in [6.07, 6.45) is 8.51. The maximum Gasteiger partial charge on any atom is 0.315 e. The summed E-state index contributed by atoms with van der Waals surface area (Å²) in [6.45, 7) is 3.94. The molecule has 0 aliphatic heterocycles. The first-order valence-corrected chi connectivity index (χ1v) is 8.26. The summed E-state index contributed by atoms with van der Waals surface area (Å²) in [4.78, 5) is 31.0. The van der Waals surface area contributed by atoms with Gasteiger partial charge in [-0.1, -0.05) is 0 Å². The van der Waals surface area contributed by atoms with E-state index in [1.807, 2.05) is 30.7 Å². The molecule has 0 saturated heterocycles. The van der Waals surface area contributed by atoms with E-state index in [-0.39, 0.29) is 30.2 Å². The summed E-state index contributed by atoms with van der Waals surface area (Å²) in [5.41, 5.74) is 2.15. The minimum absolute atomic E-state index is 0.0802. The molecule has 0 spiro atoms. The highest BCUT2D eigenvalue weighted by Crippen LogP contribution is 2.29. The number of carbonyl (C=O) groups excluding carboxylic acids is 1. The van der Waals surface area contributed by atoms with Crippen LogP contribution in [0.1, 0.15) is 42.1 Å². The number of urea groups is 1. The Kier molecular flexibility index (Phi) is 4.69. The van der Waals surface area contributed by atoms with Crippen molar-refractivity contribution in [3.8, 4) is 0 Å². The quantitative estimate of drug-likeness (QED) is 0.798. The second kappa shape index (κ2) is 6.90. The van der Waals surface area contributed by atoms with Crippen LogP contribution in [0.3, 0.4) is 0 Å². The van der Waals surface area contributed by atoms with E-state index >= 15 is 0 Å². The number of aromatic nitrogens is 3. The number of aryl methyl sites for hydroxylation is 2. The van der Waals surface area contributed by atoms with Crippen molar-refractivity contribution < 1.29 is 4.79 Å². The van der Waals surface area contributed by atoms with Crippen LogP contribution in [0, 0.1) is 13.8 Å². The molecule has 7 heteroatoms. The molecule has 3 rings (SSSR count). The highest BCUT2D eigenvalue weighted by molar-refractivity contribution is 5.74. The average Bonchev–Trinajstić information content (AvgIpc) is 3.16. The van der Waals surface area contributed by atoms with Crippen molar-refractivity contribution in [3.05, 3.63) is 52.0 Å². The molecule has 0 unspecified atom stereocenters. The van der Waals surface area contributed by atoms with Gasteiger partial charge in [0, 0.05) is 23.7 Å². The number of hydrogen-bond donors (Lipinski definition) is 3. The molecule has 1 saturated carbocycles. The van der Waals surface area contributed by atoms with E-state index in [0.29, 0.717) is 5.56 Å². The van der Waals surface area contributed by atoms with Gasteiger partial charge in [-0.15, -0.1) is 0 Å². The fraction of sp³-hybridized carbons (Fsp3) is 0.471. The third-order valence-electron chi connectivity index (χ3n) is 4.62. The molecule has 0 bridgehead atoms. The minimum atomic E-state index is -0.244. The molecule has 2 atom stereocenters. The zero-order valence-corrected chi connectivity index (χ0v) is 14.0. The molecule has 2 amide bonds. The lowest BCUT2D eigenvalue weighted by Crippen LogP contribution is -2.44. The van der Waals surface area contributed by atoms with Gasteiger partial charge in [0.05, 0.1) is 25.0 Å². The molecular weight excluding hydrogens is 306 g/mol. The van der Waals surface area contributed by atoms with Gasteiger partial charge >= 0.3 is 6.03 Å². The number of nitrogens with one attached hydrogen (secondary N) is 3. The van der Waals surface area contributed by atoms with Gasteiger partial charge in [0.2, 0.25) is 0 Å². The number of nitrogens with zero attached hydrogens (tertiary/aromatic N) is 2. The fourth-order valence-corrected chi connectivity index (χ4v) is 3.42. The number of H-pyrrole nitrogens is 1. The molecule has 1 fully saturated rings. The second-order valence-corrected chi connectivity index (χ2v) is 6.38. The number of imidazole rings is 1. The highest BCUT2D eigenvalue weighted by Gasteiger charge is 2.29. The normalized spacial score (nSPS) is 20.1. The predicted octanol–water partition coefficient (Wildman–Crippen LogP) is 1.78. The fourth-order valence-electron chi connectivity index (χ4n) is 3.42. The molecule has 3 N–H and O–H groups in total. The molecule has 0 aromatic carbocycles. The van der Waals surface area contributed by atoms with E-state index in [2.05, 4.69) is 20.6 Å². The van der Waals surface area contributed by atoms with Crippen molar-refractivity contribution in [2.75, 3.05) is 0 Å².